The van der Waals surface area contributed by atoms with Gasteiger partial charge in [0, 0.05) is 29.9 Å². The lowest BCUT2D eigenvalue weighted by Crippen LogP contribution is -2.32. The van der Waals surface area contributed by atoms with Crippen LogP contribution in [-0.2, 0) is 11.3 Å². The monoisotopic (exact) mass is 391 g/mol. The second kappa shape index (κ2) is 9.00. The topological polar surface area (TPSA) is 67.1 Å². The number of carbonyl (C=O) groups excluding carboxylic acids is 1. The van der Waals surface area contributed by atoms with Crippen molar-refractivity contribution in [3.8, 4) is 11.8 Å². The maximum Gasteiger partial charge on any atom is 0.262 e. The predicted octanol–water partition coefficient (Wildman–Crippen LogP) is 4.70. The van der Waals surface area contributed by atoms with Crippen LogP contribution < -0.4 is 10.1 Å². The fourth-order valence-corrected chi connectivity index (χ4v) is 3.74. The van der Waals surface area contributed by atoms with Crippen molar-refractivity contribution in [2.75, 3.05) is 6.61 Å². The van der Waals surface area contributed by atoms with Crippen LogP contribution in [0.2, 0.25) is 0 Å². The number of amides is 1. The number of benzene rings is 1. The van der Waals surface area contributed by atoms with Crippen LogP contribution >= 0.6 is 0 Å². The zero-order valence-electron chi connectivity index (χ0n) is 17.7. The van der Waals surface area contributed by atoms with Crippen LogP contribution in [0.1, 0.15) is 55.2 Å². The molecule has 1 aliphatic rings. The van der Waals surface area contributed by atoms with E-state index in [-0.39, 0.29) is 17.5 Å². The van der Waals surface area contributed by atoms with Crippen LogP contribution in [-0.4, -0.2) is 17.1 Å². The minimum absolute atomic E-state index is 0.123. The van der Waals surface area contributed by atoms with E-state index < -0.39 is 0 Å². The first-order valence-corrected chi connectivity index (χ1v) is 10.2. The van der Waals surface area contributed by atoms with E-state index in [2.05, 4.69) is 36.7 Å². The lowest BCUT2D eigenvalue weighted by molar-refractivity contribution is -0.117. The van der Waals surface area contributed by atoms with Crippen LogP contribution in [0.4, 0.5) is 0 Å². The molecule has 2 aromatic rings. The van der Waals surface area contributed by atoms with Crippen LogP contribution in [0.15, 0.2) is 35.9 Å². The zero-order chi connectivity index (χ0) is 21.0. The maximum absolute atomic E-state index is 12.8. The number of nitriles is 1. The van der Waals surface area contributed by atoms with Gasteiger partial charge in [-0.05, 0) is 50.0 Å². The number of hydrogen-bond donors (Lipinski definition) is 1. The molecule has 0 spiro atoms. The normalized spacial score (nSPS) is 16.1. The van der Waals surface area contributed by atoms with Crippen LogP contribution in [0.3, 0.4) is 0 Å². The van der Waals surface area contributed by atoms with Gasteiger partial charge in [-0.25, -0.2) is 0 Å². The standard InChI is InChI=1S/C24H29N3O2/c1-16(2)9-11-27-17(3)13-19(18(27)4)14-20(15-25)24(28)26-22-10-12-29-23-8-6-5-7-21(22)23/h5-8,13-14,16,22H,9-12H2,1-4H3,(H,26,28)/b20-14+/t22-/m1/s1. The Balaban J connectivity index is 1.80. The Morgan fingerprint density at radius 1 is 1.38 bits per heavy atom. The van der Waals surface area contributed by atoms with Crippen molar-refractivity contribution in [3.63, 3.8) is 0 Å². The molecule has 29 heavy (non-hydrogen) atoms. The van der Waals surface area contributed by atoms with E-state index in [1.807, 2.05) is 37.3 Å². The third kappa shape index (κ3) is 4.71. The van der Waals surface area contributed by atoms with E-state index in [0.717, 1.165) is 41.2 Å². The van der Waals surface area contributed by atoms with Gasteiger partial charge in [-0.2, -0.15) is 5.26 Å². The molecule has 5 nitrogen and oxygen atoms in total. The first-order chi connectivity index (χ1) is 13.9. The lowest BCUT2D eigenvalue weighted by atomic mass is 10.00. The second-order valence-corrected chi connectivity index (χ2v) is 8.03. The number of aryl methyl sites for hydroxylation is 1. The summed E-state index contributed by atoms with van der Waals surface area (Å²) < 4.78 is 7.91. The number of carbonyl (C=O) groups is 1. The predicted molar refractivity (Wildman–Crippen MR) is 114 cm³/mol. The fourth-order valence-electron chi connectivity index (χ4n) is 3.74. The molecule has 152 valence electrons. The highest BCUT2D eigenvalue weighted by Crippen LogP contribution is 2.31. The smallest absolute Gasteiger partial charge is 0.262 e. The quantitative estimate of drug-likeness (QED) is 0.573. The SMILES string of the molecule is Cc1cc(/C=C(\C#N)C(=O)N[C@@H]2CCOc3ccccc32)c(C)n1CCC(C)C. The lowest BCUT2D eigenvalue weighted by Gasteiger charge is -2.26. The van der Waals surface area contributed by atoms with Gasteiger partial charge in [-0.3, -0.25) is 4.79 Å². The van der Waals surface area contributed by atoms with Gasteiger partial charge in [0.25, 0.3) is 5.91 Å². The summed E-state index contributed by atoms with van der Waals surface area (Å²) in [5.41, 5.74) is 4.23. The van der Waals surface area contributed by atoms with Gasteiger partial charge in [-0.15, -0.1) is 0 Å². The first kappa shape index (κ1) is 20.7. The number of aromatic nitrogens is 1. The van der Waals surface area contributed by atoms with Gasteiger partial charge < -0.3 is 14.6 Å². The summed E-state index contributed by atoms with van der Waals surface area (Å²) >= 11 is 0. The molecule has 5 heteroatoms. The molecule has 0 radical (unpaired) electrons. The highest BCUT2D eigenvalue weighted by atomic mass is 16.5. The van der Waals surface area contributed by atoms with Gasteiger partial charge in [0.1, 0.15) is 17.4 Å². The maximum atomic E-state index is 12.8. The molecule has 3 rings (SSSR count). The molecule has 1 aliphatic heterocycles. The number of nitrogens with one attached hydrogen (secondary N) is 1. The molecular formula is C24H29N3O2. The molecule has 1 atom stereocenters. The number of fused-ring (bicyclic) bond motifs is 1. The van der Waals surface area contributed by atoms with E-state index in [0.29, 0.717) is 18.9 Å². The van der Waals surface area contributed by atoms with Crippen LogP contribution in [0, 0.1) is 31.1 Å². The highest BCUT2D eigenvalue weighted by Gasteiger charge is 2.24. The third-order valence-electron chi connectivity index (χ3n) is 5.47. The number of nitrogens with zero attached hydrogens (tertiary/aromatic N) is 2. The Morgan fingerprint density at radius 3 is 2.86 bits per heavy atom. The van der Waals surface area contributed by atoms with Crippen molar-refractivity contribution in [1.82, 2.24) is 9.88 Å². The van der Waals surface area contributed by atoms with Crippen molar-refractivity contribution >= 4 is 12.0 Å². The Hall–Kier alpha value is -3.00. The number of hydrogen-bond acceptors (Lipinski definition) is 3. The van der Waals surface area contributed by atoms with Crippen molar-refractivity contribution in [3.05, 3.63) is 58.4 Å². The molecule has 0 saturated heterocycles. The average Bonchev–Trinajstić information content (AvgIpc) is 2.97. The van der Waals surface area contributed by atoms with E-state index in [1.165, 1.54) is 0 Å². The Morgan fingerprint density at radius 2 is 2.14 bits per heavy atom. The van der Waals surface area contributed by atoms with Gasteiger partial charge in [-0.1, -0.05) is 32.0 Å². The van der Waals surface area contributed by atoms with Crippen molar-refractivity contribution in [2.45, 2.75) is 53.1 Å². The van der Waals surface area contributed by atoms with Crippen LogP contribution in [0.5, 0.6) is 5.75 Å². The van der Waals surface area contributed by atoms with Gasteiger partial charge in [0.2, 0.25) is 0 Å². The molecular weight excluding hydrogens is 362 g/mol. The number of ether oxygens (including phenoxy) is 1. The van der Waals surface area contributed by atoms with Gasteiger partial charge in [0.05, 0.1) is 12.6 Å². The minimum Gasteiger partial charge on any atom is -0.493 e. The third-order valence-corrected chi connectivity index (χ3v) is 5.47. The minimum atomic E-state index is -0.346. The molecule has 1 N–H and O–H groups in total. The molecule has 1 amide bonds. The second-order valence-electron chi connectivity index (χ2n) is 8.03. The Kier molecular flexibility index (Phi) is 6.43. The average molecular weight is 392 g/mol. The van der Waals surface area contributed by atoms with E-state index in [1.54, 1.807) is 6.08 Å². The summed E-state index contributed by atoms with van der Waals surface area (Å²) in [6.07, 6.45) is 3.48. The summed E-state index contributed by atoms with van der Waals surface area (Å²) in [7, 11) is 0. The van der Waals surface area contributed by atoms with Crippen molar-refractivity contribution in [2.24, 2.45) is 5.92 Å². The van der Waals surface area contributed by atoms with Crippen molar-refractivity contribution < 1.29 is 9.53 Å². The summed E-state index contributed by atoms with van der Waals surface area (Å²) in [6.45, 7) is 10.0. The molecule has 1 aromatic heterocycles. The van der Waals surface area contributed by atoms with E-state index in [9.17, 15) is 10.1 Å². The molecule has 2 heterocycles. The van der Waals surface area contributed by atoms with Crippen LogP contribution in [0.25, 0.3) is 6.08 Å². The van der Waals surface area contributed by atoms with E-state index in [4.69, 9.17) is 4.74 Å². The summed E-state index contributed by atoms with van der Waals surface area (Å²) in [5, 5.41) is 12.6. The summed E-state index contributed by atoms with van der Waals surface area (Å²) in [5.74, 6) is 1.07. The summed E-state index contributed by atoms with van der Waals surface area (Å²) in [6, 6.07) is 11.7. The molecule has 0 fully saturated rings. The molecule has 0 aliphatic carbocycles. The summed E-state index contributed by atoms with van der Waals surface area (Å²) in [4.78, 5) is 12.8. The molecule has 0 saturated carbocycles. The van der Waals surface area contributed by atoms with Gasteiger partial charge in [0.15, 0.2) is 0 Å². The highest BCUT2D eigenvalue weighted by molar-refractivity contribution is 6.02. The van der Waals surface area contributed by atoms with E-state index >= 15 is 0 Å². The zero-order valence-corrected chi connectivity index (χ0v) is 17.7. The fraction of sp³-hybridized carbons (Fsp3) is 0.417. The largest absolute Gasteiger partial charge is 0.493 e. The van der Waals surface area contributed by atoms with Crippen molar-refractivity contribution in [1.29, 1.82) is 5.26 Å². The van der Waals surface area contributed by atoms with Gasteiger partial charge >= 0.3 is 0 Å². The number of rotatable bonds is 6. The first-order valence-electron chi connectivity index (χ1n) is 10.2. The molecule has 0 bridgehead atoms. The number of para-hydroxylation sites is 1. The molecule has 0 unspecified atom stereocenters. The molecule has 1 aromatic carbocycles. The Labute approximate surface area is 173 Å². The Bertz CT molecular complexity index is 963.